The van der Waals surface area contributed by atoms with Gasteiger partial charge in [-0.15, -0.1) is 0 Å². The minimum Gasteiger partial charge on any atom is -0.361 e. The average molecular weight is 335 g/mol. The number of nitrogens with zero attached hydrogens (tertiary/aromatic N) is 1. The van der Waals surface area contributed by atoms with Crippen molar-refractivity contribution in [3.8, 4) is 0 Å². The van der Waals surface area contributed by atoms with Gasteiger partial charge in [-0.25, -0.2) is 13.1 Å². The number of carbonyl (C=O) groups excluding carboxylic acids is 1. The second-order valence-corrected chi connectivity index (χ2v) is 7.99. The highest BCUT2D eigenvalue weighted by Crippen LogP contribution is 2.20. The molecule has 0 bridgehead atoms. The van der Waals surface area contributed by atoms with E-state index in [9.17, 15) is 13.2 Å². The highest BCUT2D eigenvalue weighted by atomic mass is 32.2. The fourth-order valence-electron chi connectivity index (χ4n) is 3.05. The van der Waals surface area contributed by atoms with Crippen molar-refractivity contribution in [3.63, 3.8) is 0 Å². The van der Waals surface area contributed by atoms with E-state index in [1.54, 1.807) is 0 Å². The Hall–Kier alpha value is -1.86. The molecule has 6 nitrogen and oxygen atoms in total. The third kappa shape index (κ3) is 3.92. The second-order valence-electron chi connectivity index (χ2n) is 6.16. The van der Waals surface area contributed by atoms with E-state index in [1.807, 2.05) is 35.4 Å². The molecular weight excluding hydrogens is 314 g/mol. The largest absolute Gasteiger partial charge is 0.361 e. The minimum atomic E-state index is -3.19. The number of hydrogen-bond donors (Lipinski definition) is 2. The number of amides is 1. The standard InChI is InChI=1S/C16H21N3O3S/c1-23(21,22)18-10-12-3-2-8-19(11-12)16(20)14-5-4-13-6-7-17-15(13)9-14/h4-7,9,12,17-18H,2-3,8,10-11H2,1H3/t12-/m1/s1. The number of hydrogen-bond acceptors (Lipinski definition) is 3. The van der Waals surface area contributed by atoms with Crippen molar-refractivity contribution in [1.82, 2.24) is 14.6 Å². The Morgan fingerprint density at radius 1 is 1.39 bits per heavy atom. The summed E-state index contributed by atoms with van der Waals surface area (Å²) in [7, 11) is -3.19. The summed E-state index contributed by atoms with van der Waals surface area (Å²) in [5.41, 5.74) is 1.61. The summed E-state index contributed by atoms with van der Waals surface area (Å²) in [6, 6.07) is 7.62. The van der Waals surface area contributed by atoms with Crippen LogP contribution in [0.3, 0.4) is 0 Å². The predicted octanol–water partition coefficient (Wildman–Crippen LogP) is 1.57. The molecule has 2 heterocycles. The van der Waals surface area contributed by atoms with Gasteiger partial charge in [0.05, 0.1) is 6.26 Å². The minimum absolute atomic E-state index is 0.00514. The van der Waals surface area contributed by atoms with Crippen molar-refractivity contribution in [2.45, 2.75) is 12.8 Å². The Balaban J connectivity index is 1.68. The van der Waals surface area contributed by atoms with E-state index in [1.165, 1.54) is 0 Å². The molecule has 7 heteroatoms. The Kier molecular flexibility index (Phi) is 4.41. The number of piperidine rings is 1. The van der Waals surface area contributed by atoms with E-state index in [4.69, 9.17) is 0 Å². The lowest BCUT2D eigenvalue weighted by atomic mass is 9.97. The Bertz CT molecular complexity index is 813. The lowest BCUT2D eigenvalue weighted by Gasteiger charge is -2.32. The summed E-state index contributed by atoms with van der Waals surface area (Å²) in [6.07, 6.45) is 4.84. The molecule has 1 amide bonds. The van der Waals surface area contributed by atoms with Gasteiger partial charge in [-0.2, -0.15) is 0 Å². The van der Waals surface area contributed by atoms with Crippen LogP contribution in [0.2, 0.25) is 0 Å². The summed E-state index contributed by atoms with van der Waals surface area (Å²) >= 11 is 0. The van der Waals surface area contributed by atoms with Crippen LogP contribution in [0.4, 0.5) is 0 Å². The Morgan fingerprint density at radius 3 is 3.00 bits per heavy atom. The number of carbonyl (C=O) groups is 1. The molecule has 0 unspecified atom stereocenters. The van der Waals surface area contributed by atoms with Gasteiger partial charge in [0.2, 0.25) is 10.0 Å². The van der Waals surface area contributed by atoms with Crippen LogP contribution >= 0.6 is 0 Å². The number of nitrogens with one attached hydrogen (secondary N) is 2. The molecule has 1 fully saturated rings. The molecule has 23 heavy (non-hydrogen) atoms. The highest BCUT2D eigenvalue weighted by Gasteiger charge is 2.25. The number of benzene rings is 1. The van der Waals surface area contributed by atoms with Crippen molar-refractivity contribution in [2.75, 3.05) is 25.9 Å². The molecule has 1 aromatic carbocycles. The Morgan fingerprint density at radius 2 is 2.22 bits per heavy atom. The molecule has 0 radical (unpaired) electrons. The molecule has 2 aromatic rings. The molecule has 0 saturated carbocycles. The topological polar surface area (TPSA) is 82.3 Å². The van der Waals surface area contributed by atoms with Crippen LogP contribution in [0.1, 0.15) is 23.2 Å². The third-order valence-electron chi connectivity index (χ3n) is 4.24. The maximum atomic E-state index is 12.7. The van der Waals surface area contributed by atoms with Crippen molar-refractivity contribution >= 4 is 26.8 Å². The van der Waals surface area contributed by atoms with E-state index in [0.717, 1.165) is 36.5 Å². The number of rotatable bonds is 4. The second kappa shape index (κ2) is 6.33. The van der Waals surface area contributed by atoms with Gasteiger partial charge in [-0.3, -0.25) is 4.79 Å². The van der Waals surface area contributed by atoms with Crippen LogP contribution in [0.25, 0.3) is 10.9 Å². The Labute approximate surface area is 135 Å². The summed E-state index contributed by atoms with van der Waals surface area (Å²) < 4.78 is 25.0. The zero-order chi connectivity index (χ0) is 16.4. The monoisotopic (exact) mass is 335 g/mol. The number of sulfonamides is 1. The molecule has 3 rings (SSSR count). The number of aromatic nitrogens is 1. The molecule has 1 aromatic heterocycles. The fourth-order valence-corrected chi connectivity index (χ4v) is 3.59. The highest BCUT2D eigenvalue weighted by molar-refractivity contribution is 7.88. The van der Waals surface area contributed by atoms with E-state index < -0.39 is 10.0 Å². The molecular formula is C16H21N3O3S. The molecule has 1 saturated heterocycles. The molecule has 1 aliphatic rings. The first-order valence-corrected chi connectivity index (χ1v) is 9.62. The SMILES string of the molecule is CS(=O)(=O)NC[C@H]1CCCN(C(=O)c2ccc3cc[nH]c3c2)C1. The zero-order valence-electron chi connectivity index (χ0n) is 13.1. The van der Waals surface area contributed by atoms with Gasteiger partial charge in [0.15, 0.2) is 0 Å². The van der Waals surface area contributed by atoms with Crippen LogP contribution in [0.15, 0.2) is 30.5 Å². The summed E-state index contributed by atoms with van der Waals surface area (Å²) in [6.45, 7) is 1.69. The molecule has 2 N–H and O–H groups in total. The maximum absolute atomic E-state index is 12.7. The van der Waals surface area contributed by atoms with Crippen LogP contribution < -0.4 is 4.72 Å². The van der Waals surface area contributed by atoms with E-state index in [-0.39, 0.29) is 11.8 Å². The number of likely N-dealkylation sites (tertiary alicyclic amines) is 1. The predicted molar refractivity (Wildman–Crippen MR) is 89.8 cm³/mol. The summed E-state index contributed by atoms with van der Waals surface area (Å²) in [5.74, 6) is 0.169. The third-order valence-corrected chi connectivity index (χ3v) is 4.93. The molecule has 1 atom stereocenters. The normalized spacial score (nSPS) is 19.2. The van der Waals surface area contributed by atoms with E-state index in [2.05, 4.69) is 9.71 Å². The van der Waals surface area contributed by atoms with Gasteiger partial charge >= 0.3 is 0 Å². The summed E-state index contributed by atoms with van der Waals surface area (Å²) in [4.78, 5) is 17.6. The molecule has 124 valence electrons. The van der Waals surface area contributed by atoms with Crippen LogP contribution in [-0.4, -0.2) is 50.1 Å². The number of fused-ring (bicyclic) bond motifs is 1. The molecule has 0 aliphatic carbocycles. The van der Waals surface area contributed by atoms with Crippen LogP contribution in [0, 0.1) is 5.92 Å². The maximum Gasteiger partial charge on any atom is 0.253 e. The average Bonchev–Trinajstić information content (AvgIpc) is 2.99. The number of aromatic amines is 1. The summed E-state index contributed by atoms with van der Waals surface area (Å²) in [5, 5.41) is 1.08. The van der Waals surface area contributed by atoms with Crippen molar-refractivity contribution in [2.24, 2.45) is 5.92 Å². The van der Waals surface area contributed by atoms with E-state index >= 15 is 0 Å². The quantitative estimate of drug-likeness (QED) is 0.890. The lowest BCUT2D eigenvalue weighted by molar-refractivity contribution is 0.0676. The van der Waals surface area contributed by atoms with E-state index in [0.29, 0.717) is 18.7 Å². The van der Waals surface area contributed by atoms with Gasteiger partial charge in [-0.05, 0) is 42.3 Å². The van der Waals surface area contributed by atoms with Crippen LogP contribution in [0.5, 0.6) is 0 Å². The first kappa shape index (κ1) is 16.0. The van der Waals surface area contributed by atoms with Crippen molar-refractivity contribution < 1.29 is 13.2 Å². The first-order valence-electron chi connectivity index (χ1n) is 7.73. The molecule has 1 aliphatic heterocycles. The van der Waals surface area contributed by atoms with Crippen LogP contribution in [-0.2, 0) is 10.0 Å². The van der Waals surface area contributed by atoms with Gasteiger partial charge in [0, 0.05) is 36.9 Å². The zero-order valence-corrected chi connectivity index (χ0v) is 13.9. The van der Waals surface area contributed by atoms with Gasteiger partial charge in [-0.1, -0.05) is 6.07 Å². The van der Waals surface area contributed by atoms with Gasteiger partial charge in [0.1, 0.15) is 0 Å². The smallest absolute Gasteiger partial charge is 0.253 e. The molecule has 0 spiro atoms. The van der Waals surface area contributed by atoms with Crippen molar-refractivity contribution in [1.29, 1.82) is 0 Å². The van der Waals surface area contributed by atoms with Crippen molar-refractivity contribution in [3.05, 3.63) is 36.0 Å². The van der Waals surface area contributed by atoms with Gasteiger partial charge in [0.25, 0.3) is 5.91 Å². The fraction of sp³-hybridized carbons (Fsp3) is 0.438. The number of H-pyrrole nitrogens is 1. The van der Waals surface area contributed by atoms with Gasteiger partial charge < -0.3 is 9.88 Å². The first-order chi connectivity index (χ1) is 10.9. The lowest BCUT2D eigenvalue weighted by Crippen LogP contribution is -2.43.